The van der Waals surface area contributed by atoms with Crippen LogP contribution in [0.4, 0.5) is 15.8 Å². The molecular weight excluding hydrogens is 469 g/mol. The lowest BCUT2D eigenvalue weighted by atomic mass is 10.3. The summed E-state index contributed by atoms with van der Waals surface area (Å²) in [6, 6.07) is 10.9. The van der Waals surface area contributed by atoms with Crippen molar-refractivity contribution < 1.29 is 18.7 Å². The highest BCUT2D eigenvalue weighted by Crippen LogP contribution is 2.21. The number of hydrogen-bond donors (Lipinski definition) is 2. The molecule has 172 valence electrons. The standard InChI is InChI=1S/C22H21ClFN5O3S/c1-3-10-29-19(12-20(30)25-14-4-7-16(32-2)8-5-14)27-28-22(29)33-13-21(31)26-15-6-9-18(24)17(23)11-15/h3-9,11H,1,10,12-13H2,2H3,(H,25,30)(H,26,31). The summed E-state index contributed by atoms with van der Waals surface area (Å²) < 4.78 is 20.1. The molecule has 0 bridgehead atoms. The molecule has 33 heavy (non-hydrogen) atoms. The topological polar surface area (TPSA) is 98.1 Å². The smallest absolute Gasteiger partial charge is 0.234 e. The summed E-state index contributed by atoms with van der Waals surface area (Å²) in [7, 11) is 1.57. The van der Waals surface area contributed by atoms with E-state index in [2.05, 4.69) is 27.4 Å². The Hall–Kier alpha value is -3.37. The van der Waals surface area contributed by atoms with E-state index in [1.165, 1.54) is 18.2 Å². The first-order chi connectivity index (χ1) is 15.9. The number of thioether (sulfide) groups is 1. The summed E-state index contributed by atoms with van der Waals surface area (Å²) >= 11 is 6.89. The van der Waals surface area contributed by atoms with Gasteiger partial charge in [-0.25, -0.2) is 4.39 Å². The van der Waals surface area contributed by atoms with Gasteiger partial charge in [-0.1, -0.05) is 29.4 Å². The van der Waals surface area contributed by atoms with Gasteiger partial charge in [0.15, 0.2) is 5.16 Å². The van der Waals surface area contributed by atoms with Gasteiger partial charge in [0, 0.05) is 17.9 Å². The second kappa shape index (κ2) is 11.5. The molecule has 8 nitrogen and oxygen atoms in total. The first-order valence-electron chi connectivity index (χ1n) is 9.74. The number of rotatable bonds is 10. The third-order valence-electron chi connectivity index (χ3n) is 4.33. The van der Waals surface area contributed by atoms with Crippen LogP contribution in [0.2, 0.25) is 5.02 Å². The number of benzene rings is 2. The van der Waals surface area contributed by atoms with E-state index in [9.17, 15) is 14.0 Å². The maximum atomic E-state index is 13.3. The molecule has 2 aromatic carbocycles. The summed E-state index contributed by atoms with van der Waals surface area (Å²) in [6.07, 6.45) is 1.65. The molecule has 11 heteroatoms. The van der Waals surface area contributed by atoms with Crippen LogP contribution in [0, 0.1) is 5.82 Å². The third kappa shape index (κ3) is 6.80. The van der Waals surface area contributed by atoms with Gasteiger partial charge in [0.2, 0.25) is 11.8 Å². The fourth-order valence-corrected chi connectivity index (χ4v) is 3.74. The Morgan fingerprint density at radius 3 is 2.52 bits per heavy atom. The van der Waals surface area contributed by atoms with Gasteiger partial charge in [-0.15, -0.1) is 16.8 Å². The molecule has 0 aliphatic rings. The molecular formula is C22H21ClFN5O3S. The number of nitrogens with zero attached hydrogens (tertiary/aromatic N) is 3. The van der Waals surface area contributed by atoms with Crippen molar-refractivity contribution in [2.75, 3.05) is 23.5 Å². The molecule has 0 saturated carbocycles. The normalized spacial score (nSPS) is 10.5. The highest BCUT2D eigenvalue weighted by atomic mass is 35.5. The molecule has 0 radical (unpaired) electrons. The first-order valence-corrected chi connectivity index (χ1v) is 11.1. The minimum atomic E-state index is -0.565. The highest BCUT2D eigenvalue weighted by Gasteiger charge is 2.17. The summed E-state index contributed by atoms with van der Waals surface area (Å²) in [5, 5.41) is 14.0. The van der Waals surface area contributed by atoms with Crippen molar-refractivity contribution in [2.45, 2.75) is 18.1 Å². The van der Waals surface area contributed by atoms with Crippen molar-refractivity contribution in [3.05, 3.63) is 71.8 Å². The van der Waals surface area contributed by atoms with E-state index in [4.69, 9.17) is 16.3 Å². The largest absolute Gasteiger partial charge is 0.497 e. The van der Waals surface area contributed by atoms with Gasteiger partial charge >= 0.3 is 0 Å². The fraction of sp³-hybridized carbons (Fsp3) is 0.182. The van der Waals surface area contributed by atoms with E-state index in [1.807, 2.05) is 0 Å². The lowest BCUT2D eigenvalue weighted by molar-refractivity contribution is -0.116. The zero-order valence-electron chi connectivity index (χ0n) is 17.7. The first kappa shape index (κ1) is 24.3. The van der Waals surface area contributed by atoms with Crippen molar-refractivity contribution >= 4 is 46.6 Å². The van der Waals surface area contributed by atoms with Gasteiger partial charge in [0.1, 0.15) is 17.4 Å². The average molecular weight is 490 g/mol. The zero-order chi connectivity index (χ0) is 23.8. The van der Waals surface area contributed by atoms with Crippen LogP contribution in [0.5, 0.6) is 5.75 Å². The number of carbonyl (C=O) groups excluding carboxylic acids is 2. The van der Waals surface area contributed by atoms with E-state index in [-0.39, 0.29) is 29.0 Å². The van der Waals surface area contributed by atoms with E-state index >= 15 is 0 Å². The van der Waals surface area contributed by atoms with Gasteiger partial charge in [-0.05, 0) is 42.5 Å². The molecule has 0 unspecified atom stereocenters. The molecule has 2 amide bonds. The van der Waals surface area contributed by atoms with E-state index in [0.29, 0.717) is 34.6 Å². The summed E-state index contributed by atoms with van der Waals surface area (Å²) in [5.41, 5.74) is 1.01. The van der Waals surface area contributed by atoms with Gasteiger partial charge in [0.25, 0.3) is 0 Å². The number of ether oxygens (including phenoxy) is 1. The average Bonchev–Trinajstić information content (AvgIpc) is 3.16. The number of carbonyl (C=O) groups is 2. The molecule has 1 aromatic heterocycles. The molecule has 0 aliphatic heterocycles. The number of hydrogen-bond acceptors (Lipinski definition) is 6. The molecule has 3 rings (SSSR count). The molecule has 0 atom stereocenters. The van der Waals surface area contributed by atoms with Crippen molar-refractivity contribution in [3.63, 3.8) is 0 Å². The maximum absolute atomic E-state index is 13.3. The van der Waals surface area contributed by atoms with Crippen LogP contribution < -0.4 is 15.4 Å². The molecule has 2 N–H and O–H groups in total. The quantitative estimate of drug-likeness (QED) is 0.327. The molecule has 0 fully saturated rings. The van der Waals surface area contributed by atoms with Crippen molar-refractivity contribution in [3.8, 4) is 5.75 Å². The maximum Gasteiger partial charge on any atom is 0.234 e. The highest BCUT2D eigenvalue weighted by molar-refractivity contribution is 7.99. The predicted octanol–water partition coefficient (Wildman–Crippen LogP) is 4.18. The molecule has 0 aliphatic carbocycles. The van der Waals surface area contributed by atoms with Gasteiger partial charge in [-0.2, -0.15) is 0 Å². The lowest BCUT2D eigenvalue weighted by Crippen LogP contribution is -2.18. The van der Waals surface area contributed by atoms with Gasteiger partial charge in [-0.3, -0.25) is 9.59 Å². The number of anilines is 2. The Labute approximate surface area is 199 Å². The Balaban J connectivity index is 1.60. The van der Waals surface area contributed by atoms with Crippen LogP contribution in [0.15, 0.2) is 60.3 Å². The Kier molecular flexibility index (Phi) is 8.45. The van der Waals surface area contributed by atoms with Crippen LogP contribution in [0.1, 0.15) is 5.82 Å². The summed E-state index contributed by atoms with van der Waals surface area (Å²) in [6.45, 7) is 4.10. The number of methoxy groups -OCH3 is 1. The number of allylic oxidation sites excluding steroid dienone is 1. The number of halogens is 2. The van der Waals surface area contributed by atoms with Gasteiger partial charge in [0.05, 0.1) is 24.3 Å². The van der Waals surface area contributed by atoms with Crippen LogP contribution in [0.3, 0.4) is 0 Å². The summed E-state index contributed by atoms with van der Waals surface area (Å²) in [4.78, 5) is 24.7. The zero-order valence-corrected chi connectivity index (χ0v) is 19.3. The minimum Gasteiger partial charge on any atom is -0.497 e. The SMILES string of the molecule is C=CCn1c(CC(=O)Nc2ccc(OC)cc2)nnc1SCC(=O)Nc1ccc(F)c(Cl)c1. The molecule has 0 spiro atoms. The van der Waals surface area contributed by atoms with Crippen molar-refractivity contribution in [1.29, 1.82) is 0 Å². The monoisotopic (exact) mass is 489 g/mol. The summed E-state index contributed by atoms with van der Waals surface area (Å²) in [5.74, 6) is 0.00341. The Bertz CT molecular complexity index is 1150. The second-order valence-electron chi connectivity index (χ2n) is 6.72. The third-order valence-corrected chi connectivity index (χ3v) is 5.59. The van der Waals surface area contributed by atoms with Crippen LogP contribution in [-0.2, 0) is 22.6 Å². The van der Waals surface area contributed by atoms with Crippen molar-refractivity contribution in [1.82, 2.24) is 14.8 Å². The minimum absolute atomic E-state index is 0.00625. The molecule has 1 heterocycles. The number of nitrogens with one attached hydrogen (secondary N) is 2. The second-order valence-corrected chi connectivity index (χ2v) is 8.07. The fourth-order valence-electron chi connectivity index (χ4n) is 2.79. The lowest BCUT2D eigenvalue weighted by Gasteiger charge is -2.09. The molecule has 3 aromatic rings. The van der Waals surface area contributed by atoms with Crippen LogP contribution >= 0.6 is 23.4 Å². The Morgan fingerprint density at radius 1 is 1.15 bits per heavy atom. The van der Waals surface area contributed by atoms with Crippen molar-refractivity contribution in [2.24, 2.45) is 0 Å². The number of amides is 2. The van der Waals surface area contributed by atoms with E-state index in [1.54, 1.807) is 42.0 Å². The predicted molar refractivity (Wildman–Crippen MR) is 126 cm³/mol. The van der Waals surface area contributed by atoms with Crippen LogP contribution in [0.25, 0.3) is 0 Å². The molecule has 0 saturated heterocycles. The van der Waals surface area contributed by atoms with Gasteiger partial charge < -0.3 is 19.9 Å². The van der Waals surface area contributed by atoms with E-state index in [0.717, 1.165) is 11.8 Å². The van der Waals surface area contributed by atoms with Crippen LogP contribution in [-0.4, -0.2) is 39.4 Å². The van der Waals surface area contributed by atoms with E-state index < -0.39 is 5.82 Å². The Morgan fingerprint density at radius 2 is 1.85 bits per heavy atom. The number of aromatic nitrogens is 3.